The molecule has 8 heteroatoms. The number of rotatable bonds is 9. The summed E-state index contributed by atoms with van der Waals surface area (Å²) in [5.74, 6) is 0.779. The van der Waals surface area contributed by atoms with Crippen molar-refractivity contribution >= 4 is 17.5 Å². The summed E-state index contributed by atoms with van der Waals surface area (Å²) in [7, 11) is 0. The first-order chi connectivity index (χ1) is 17.7. The average molecular weight is 501 g/mol. The van der Waals surface area contributed by atoms with E-state index in [1.54, 1.807) is 18.5 Å². The van der Waals surface area contributed by atoms with E-state index in [4.69, 9.17) is 16.6 Å². The largest absolute Gasteiger partial charge is 0.349 e. The summed E-state index contributed by atoms with van der Waals surface area (Å²) in [6.45, 7) is 2.08. The molecule has 0 aliphatic heterocycles. The van der Waals surface area contributed by atoms with Gasteiger partial charge < -0.3 is 10.3 Å². The van der Waals surface area contributed by atoms with Crippen molar-refractivity contribution in [2.45, 2.75) is 44.8 Å². The summed E-state index contributed by atoms with van der Waals surface area (Å²) in [5, 5.41) is 3.31. The molecule has 1 atom stereocenters. The van der Waals surface area contributed by atoms with Gasteiger partial charge in [0.25, 0.3) is 5.91 Å². The van der Waals surface area contributed by atoms with Crippen LogP contribution in [-0.4, -0.2) is 37.3 Å². The van der Waals surface area contributed by atoms with E-state index in [-0.39, 0.29) is 11.9 Å². The molecule has 1 aromatic carbocycles. The van der Waals surface area contributed by atoms with E-state index in [0.29, 0.717) is 17.1 Å². The lowest BCUT2D eigenvalue weighted by atomic mass is 9.90. The Morgan fingerprint density at radius 3 is 2.89 bits per heavy atom. The van der Waals surface area contributed by atoms with Gasteiger partial charge in [0.1, 0.15) is 5.82 Å². The van der Waals surface area contributed by atoms with Gasteiger partial charge in [-0.05, 0) is 48.1 Å². The Balaban J connectivity index is 1.31. The van der Waals surface area contributed by atoms with Crippen molar-refractivity contribution in [3.63, 3.8) is 0 Å². The highest BCUT2D eigenvalue weighted by molar-refractivity contribution is 6.33. The van der Waals surface area contributed by atoms with Gasteiger partial charge >= 0.3 is 0 Å². The number of aromatic nitrogens is 4. The summed E-state index contributed by atoms with van der Waals surface area (Å²) in [4.78, 5) is 31.5. The fraction of sp³-hybridized carbons (Fsp3) is 0.286. The Kier molecular flexibility index (Phi) is 7.69. The molecule has 0 fully saturated rings. The first-order valence-corrected chi connectivity index (χ1v) is 12.7. The lowest BCUT2D eigenvalue weighted by Gasteiger charge is -2.35. The number of nitrogens with one attached hydrogen (secondary N) is 2. The van der Waals surface area contributed by atoms with Gasteiger partial charge in [-0.1, -0.05) is 41.9 Å². The number of halogens is 1. The van der Waals surface area contributed by atoms with Gasteiger partial charge in [-0.15, -0.1) is 0 Å². The molecule has 4 aromatic rings. The number of aryl methyl sites for hydroxylation is 1. The molecular formula is C28H29ClN6O. The van der Waals surface area contributed by atoms with E-state index >= 15 is 0 Å². The monoisotopic (exact) mass is 500 g/mol. The van der Waals surface area contributed by atoms with Gasteiger partial charge in [-0.25, -0.2) is 4.98 Å². The molecule has 0 radical (unpaired) electrons. The van der Waals surface area contributed by atoms with Crippen molar-refractivity contribution in [3.05, 3.63) is 112 Å². The van der Waals surface area contributed by atoms with Crippen LogP contribution in [0.25, 0.3) is 0 Å². The van der Waals surface area contributed by atoms with Crippen LogP contribution >= 0.6 is 11.6 Å². The van der Waals surface area contributed by atoms with E-state index in [9.17, 15) is 4.79 Å². The van der Waals surface area contributed by atoms with E-state index in [2.05, 4.69) is 43.4 Å². The number of carbonyl (C=O) groups is 1. The minimum Gasteiger partial charge on any atom is -0.349 e. The lowest BCUT2D eigenvalue weighted by molar-refractivity contribution is 0.0951. The van der Waals surface area contributed by atoms with Crippen LogP contribution < -0.4 is 5.32 Å². The summed E-state index contributed by atoms with van der Waals surface area (Å²) < 4.78 is 0. The predicted molar refractivity (Wildman–Crippen MR) is 139 cm³/mol. The molecule has 1 unspecified atom stereocenters. The number of amides is 1. The summed E-state index contributed by atoms with van der Waals surface area (Å²) in [5.41, 5.74) is 5.21. The number of fused-ring (bicyclic) bond motifs is 1. The maximum atomic E-state index is 12.6. The van der Waals surface area contributed by atoms with Gasteiger partial charge in [0, 0.05) is 57.0 Å². The number of hydrogen-bond donors (Lipinski definition) is 2. The second-order valence-corrected chi connectivity index (χ2v) is 9.48. The summed E-state index contributed by atoms with van der Waals surface area (Å²) in [6, 6.07) is 14.5. The van der Waals surface area contributed by atoms with E-state index in [1.165, 1.54) is 23.0 Å². The molecule has 0 spiro atoms. The molecule has 2 N–H and O–H groups in total. The molecule has 0 saturated heterocycles. The van der Waals surface area contributed by atoms with Crippen LogP contribution in [0, 0.1) is 0 Å². The first-order valence-electron chi connectivity index (χ1n) is 12.3. The first kappa shape index (κ1) is 24.2. The van der Waals surface area contributed by atoms with Gasteiger partial charge in [0.05, 0.1) is 22.3 Å². The zero-order chi connectivity index (χ0) is 24.7. The van der Waals surface area contributed by atoms with Gasteiger partial charge in [-0.2, -0.15) is 0 Å². The Bertz CT molecular complexity index is 1310. The van der Waals surface area contributed by atoms with E-state index < -0.39 is 0 Å². The maximum Gasteiger partial charge on any atom is 0.253 e. The quantitative estimate of drug-likeness (QED) is 0.341. The fourth-order valence-corrected chi connectivity index (χ4v) is 5.08. The standard InChI is InChI=1S/C28H29ClN6O/c29-24-18-30-12-9-23(24)28(36)34-17-20-4-1-5-21(16-20)19-35(15-10-26-31-13-14-32-26)25-8-2-6-22-7-3-11-33-27(22)25/h1,3-5,7,9,11-14,16,18,25H,2,6,8,10,15,17,19H2,(H,31,32)(H,34,36). The Morgan fingerprint density at radius 1 is 1.11 bits per heavy atom. The number of imidazole rings is 1. The van der Waals surface area contributed by atoms with Crippen LogP contribution in [0.15, 0.2) is 73.4 Å². The molecular weight excluding hydrogens is 472 g/mol. The van der Waals surface area contributed by atoms with Crippen molar-refractivity contribution < 1.29 is 4.79 Å². The molecule has 3 heterocycles. The number of nitrogens with zero attached hydrogens (tertiary/aromatic N) is 4. The van der Waals surface area contributed by atoms with E-state index in [1.807, 2.05) is 30.6 Å². The molecule has 184 valence electrons. The number of benzene rings is 1. The van der Waals surface area contributed by atoms with Gasteiger partial charge in [0.2, 0.25) is 0 Å². The second-order valence-electron chi connectivity index (χ2n) is 9.07. The van der Waals surface area contributed by atoms with Crippen molar-refractivity contribution in [2.75, 3.05) is 6.54 Å². The van der Waals surface area contributed by atoms with Crippen LogP contribution in [0.3, 0.4) is 0 Å². The topological polar surface area (TPSA) is 86.8 Å². The summed E-state index contributed by atoms with van der Waals surface area (Å²) in [6.07, 6.45) is 12.8. The molecule has 1 aliphatic rings. The lowest BCUT2D eigenvalue weighted by Crippen LogP contribution is -2.33. The highest BCUT2D eigenvalue weighted by Crippen LogP contribution is 2.33. The van der Waals surface area contributed by atoms with Crippen LogP contribution in [0.5, 0.6) is 0 Å². The van der Waals surface area contributed by atoms with Crippen molar-refractivity contribution in [2.24, 2.45) is 0 Å². The molecule has 0 bridgehead atoms. The maximum absolute atomic E-state index is 12.6. The molecule has 7 nitrogen and oxygen atoms in total. The average Bonchev–Trinajstić information content (AvgIpc) is 3.44. The van der Waals surface area contributed by atoms with Crippen LogP contribution in [0.4, 0.5) is 0 Å². The van der Waals surface area contributed by atoms with E-state index in [0.717, 1.165) is 50.2 Å². The highest BCUT2D eigenvalue weighted by atomic mass is 35.5. The number of aromatic amines is 1. The molecule has 3 aromatic heterocycles. The fourth-order valence-electron chi connectivity index (χ4n) is 4.88. The third-order valence-corrected chi connectivity index (χ3v) is 6.95. The van der Waals surface area contributed by atoms with Crippen LogP contribution in [0.1, 0.15) is 57.5 Å². The normalized spacial score (nSPS) is 15.0. The number of pyridine rings is 2. The zero-order valence-electron chi connectivity index (χ0n) is 20.0. The minimum absolute atomic E-state index is 0.210. The van der Waals surface area contributed by atoms with Crippen molar-refractivity contribution in [3.8, 4) is 0 Å². The third kappa shape index (κ3) is 5.80. The number of hydrogen-bond acceptors (Lipinski definition) is 5. The highest BCUT2D eigenvalue weighted by Gasteiger charge is 2.27. The molecule has 0 saturated carbocycles. The third-order valence-electron chi connectivity index (χ3n) is 6.64. The Morgan fingerprint density at radius 2 is 2.03 bits per heavy atom. The summed E-state index contributed by atoms with van der Waals surface area (Å²) >= 11 is 6.12. The second kappa shape index (κ2) is 11.5. The van der Waals surface area contributed by atoms with Crippen LogP contribution in [0.2, 0.25) is 5.02 Å². The van der Waals surface area contributed by atoms with Crippen molar-refractivity contribution in [1.29, 1.82) is 0 Å². The zero-order valence-corrected chi connectivity index (χ0v) is 20.8. The number of H-pyrrole nitrogens is 1. The minimum atomic E-state index is -0.210. The Labute approximate surface area is 216 Å². The van der Waals surface area contributed by atoms with Gasteiger partial charge in [-0.3, -0.25) is 19.7 Å². The molecule has 36 heavy (non-hydrogen) atoms. The molecule has 1 aliphatic carbocycles. The predicted octanol–water partition coefficient (Wildman–Crippen LogP) is 4.91. The molecule has 5 rings (SSSR count). The number of carbonyl (C=O) groups excluding carboxylic acids is 1. The van der Waals surface area contributed by atoms with Gasteiger partial charge in [0.15, 0.2) is 0 Å². The Hall–Kier alpha value is -3.55. The van der Waals surface area contributed by atoms with Crippen molar-refractivity contribution in [1.82, 2.24) is 30.2 Å². The SMILES string of the molecule is O=C(NCc1cccc(CN(CCc2ncc[nH]2)C2CCCc3cccnc32)c1)c1ccncc1Cl. The smallest absolute Gasteiger partial charge is 0.253 e. The molecule has 1 amide bonds. The van der Waals surface area contributed by atoms with Crippen LogP contribution in [-0.2, 0) is 25.9 Å².